The van der Waals surface area contributed by atoms with Crippen LogP contribution in [0.1, 0.15) is 11.1 Å². The number of carbonyl (C=O) groups is 1. The van der Waals surface area contributed by atoms with Gasteiger partial charge < -0.3 is 10.4 Å². The fraction of sp³-hybridized carbons (Fsp3) is 0.125. The number of hydrazone groups is 1. The predicted octanol–water partition coefficient (Wildman–Crippen LogP) is 3.79. The van der Waals surface area contributed by atoms with Gasteiger partial charge in [-0.25, -0.2) is 5.43 Å². The second kappa shape index (κ2) is 8.12. The Balaban J connectivity index is 1.86. The maximum Gasteiger partial charge on any atom is 0.259 e. The summed E-state index contributed by atoms with van der Waals surface area (Å²) in [6.45, 7) is 2.12. The zero-order chi connectivity index (χ0) is 16.8. The minimum Gasteiger partial charge on any atom is -0.507 e. The van der Waals surface area contributed by atoms with Gasteiger partial charge >= 0.3 is 0 Å². The number of nitrogens with one attached hydrogen (secondary N) is 2. The molecule has 0 unspecified atom stereocenters. The molecule has 0 radical (unpaired) electrons. The summed E-state index contributed by atoms with van der Waals surface area (Å²) in [5, 5.41) is 16.5. The smallest absolute Gasteiger partial charge is 0.259 e. The van der Waals surface area contributed by atoms with E-state index in [9.17, 15) is 9.90 Å². The summed E-state index contributed by atoms with van der Waals surface area (Å²) in [7, 11) is 0. The molecule has 120 valence electrons. The molecule has 0 aliphatic carbocycles. The summed E-state index contributed by atoms with van der Waals surface area (Å²) < 4.78 is 1.32. The number of rotatable bonds is 5. The number of phenolic OH excluding ortho intramolecular Hbond substituents is 1. The minimum atomic E-state index is -0.265. The topological polar surface area (TPSA) is 73.7 Å². The van der Waals surface area contributed by atoms with Crippen molar-refractivity contribution in [3.63, 3.8) is 0 Å². The van der Waals surface area contributed by atoms with Gasteiger partial charge in [-0.1, -0.05) is 33.6 Å². The number of benzene rings is 2. The Kier molecular flexibility index (Phi) is 6.18. The molecule has 0 saturated heterocycles. The molecule has 2 rings (SSSR count). The number of phenols is 1. The van der Waals surface area contributed by atoms with E-state index < -0.39 is 0 Å². The number of carbonyl (C=O) groups excluding carboxylic acids is 1. The Morgan fingerprint density at radius 3 is 2.61 bits per heavy atom. The zero-order valence-corrected chi connectivity index (χ0v) is 15.5. The van der Waals surface area contributed by atoms with Crippen LogP contribution in [0.2, 0.25) is 0 Å². The van der Waals surface area contributed by atoms with Gasteiger partial charge in [-0.15, -0.1) is 0 Å². The van der Waals surface area contributed by atoms with Gasteiger partial charge in [0.05, 0.1) is 17.2 Å². The van der Waals surface area contributed by atoms with Gasteiger partial charge in [0.1, 0.15) is 5.75 Å². The van der Waals surface area contributed by atoms with Crippen LogP contribution < -0.4 is 10.7 Å². The second-order valence-corrected chi connectivity index (χ2v) is 6.55. The Bertz CT molecular complexity index is 731. The van der Waals surface area contributed by atoms with Crippen LogP contribution in [0.4, 0.5) is 5.69 Å². The molecule has 0 saturated carbocycles. The van der Waals surface area contributed by atoms with Crippen molar-refractivity contribution in [3.8, 4) is 5.75 Å². The number of anilines is 1. The van der Waals surface area contributed by atoms with Crippen molar-refractivity contribution in [3.05, 3.63) is 56.5 Å². The standard InChI is InChI=1S/C16H15Br2N3O2/c1-10-2-4-12(5-3-10)19-9-16(23)21-20-8-11-6-15(22)14(18)7-13(11)17/h2-8,19,22H,9H2,1H3,(H,21,23). The van der Waals surface area contributed by atoms with Gasteiger partial charge in [-0.2, -0.15) is 5.10 Å². The summed E-state index contributed by atoms with van der Waals surface area (Å²) in [6.07, 6.45) is 1.46. The quantitative estimate of drug-likeness (QED) is 0.489. The lowest BCUT2D eigenvalue weighted by Crippen LogP contribution is -2.25. The first-order valence-corrected chi connectivity index (χ1v) is 8.35. The molecule has 7 heteroatoms. The van der Waals surface area contributed by atoms with E-state index in [1.165, 1.54) is 12.3 Å². The second-order valence-electron chi connectivity index (χ2n) is 4.84. The lowest BCUT2D eigenvalue weighted by atomic mass is 10.2. The lowest BCUT2D eigenvalue weighted by molar-refractivity contribution is -0.119. The summed E-state index contributed by atoms with van der Waals surface area (Å²) in [5.74, 6) is -0.165. The third kappa shape index (κ3) is 5.37. The van der Waals surface area contributed by atoms with Crippen molar-refractivity contribution in [2.75, 3.05) is 11.9 Å². The van der Waals surface area contributed by atoms with Crippen LogP contribution in [0, 0.1) is 6.92 Å². The van der Waals surface area contributed by atoms with Gasteiger partial charge in [0.25, 0.3) is 5.91 Å². The van der Waals surface area contributed by atoms with Crippen molar-refractivity contribution < 1.29 is 9.90 Å². The first-order chi connectivity index (χ1) is 11.0. The molecule has 0 heterocycles. The molecule has 0 fully saturated rings. The van der Waals surface area contributed by atoms with Gasteiger partial charge in [0.15, 0.2) is 0 Å². The average molecular weight is 441 g/mol. The fourth-order valence-electron chi connectivity index (χ4n) is 1.72. The van der Waals surface area contributed by atoms with E-state index >= 15 is 0 Å². The summed E-state index contributed by atoms with van der Waals surface area (Å²) in [4.78, 5) is 11.7. The molecule has 0 aliphatic rings. The molecule has 0 aromatic heterocycles. The van der Waals surface area contributed by atoms with Crippen molar-refractivity contribution >= 4 is 49.7 Å². The van der Waals surface area contributed by atoms with Gasteiger partial charge in [0.2, 0.25) is 0 Å². The first kappa shape index (κ1) is 17.5. The maximum absolute atomic E-state index is 11.7. The zero-order valence-electron chi connectivity index (χ0n) is 12.3. The van der Waals surface area contributed by atoms with E-state index in [1.807, 2.05) is 31.2 Å². The van der Waals surface area contributed by atoms with E-state index in [4.69, 9.17) is 0 Å². The molecule has 0 atom stereocenters. The molecule has 0 spiro atoms. The normalized spacial score (nSPS) is 10.7. The minimum absolute atomic E-state index is 0.0991. The largest absolute Gasteiger partial charge is 0.507 e. The van der Waals surface area contributed by atoms with Crippen LogP contribution in [0.25, 0.3) is 0 Å². The van der Waals surface area contributed by atoms with Crippen LogP contribution in [-0.4, -0.2) is 23.8 Å². The van der Waals surface area contributed by atoms with Crippen LogP contribution in [-0.2, 0) is 4.79 Å². The Hall–Kier alpha value is -1.86. The van der Waals surface area contributed by atoms with E-state index in [2.05, 4.69) is 47.7 Å². The van der Waals surface area contributed by atoms with Gasteiger partial charge in [-0.3, -0.25) is 4.79 Å². The predicted molar refractivity (Wildman–Crippen MR) is 98.9 cm³/mol. The van der Waals surface area contributed by atoms with Crippen molar-refractivity contribution in [2.45, 2.75) is 6.92 Å². The summed E-state index contributed by atoms with van der Waals surface area (Å²) in [6, 6.07) is 11.0. The molecule has 2 aromatic rings. The van der Waals surface area contributed by atoms with Crippen LogP contribution in [0.5, 0.6) is 5.75 Å². The molecular weight excluding hydrogens is 426 g/mol. The lowest BCUT2D eigenvalue weighted by Gasteiger charge is -2.05. The first-order valence-electron chi connectivity index (χ1n) is 6.76. The SMILES string of the molecule is Cc1ccc(NCC(=O)NN=Cc2cc(O)c(Br)cc2Br)cc1. The number of nitrogens with zero attached hydrogens (tertiary/aromatic N) is 1. The van der Waals surface area contributed by atoms with Crippen LogP contribution in [0.3, 0.4) is 0 Å². The Morgan fingerprint density at radius 1 is 1.22 bits per heavy atom. The van der Waals surface area contributed by atoms with Crippen LogP contribution in [0.15, 0.2) is 50.4 Å². The van der Waals surface area contributed by atoms with E-state index in [0.29, 0.717) is 10.0 Å². The Morgan fingerprint density at radius 2 is 1.91 bits per heavy atom. The molecule has 2 aromatic carbocycles. The molecule has 5 nitrogen and oxygen atoms in total. The van der Waals surface area contributed by atoms with Gasteiger partial charge in [-0.05, 0) is 47.1 Å². The number of aromatic hydroxyl groups is 1. The Labute approximate surface area is 151 Å². The van der Waals surface area contributed by atoms with Crippen molar-refractivity contribution in [1.82, 2.24) is 5.43 Å². The number of hydrogen-bond donors (Lipinski definition) is 3. The highest BCUT2D eigenvalue weighted by Gasteiger charge is 2.04. The highest BCUT2D eigenvalue weighted by Crippen LogP contribution is 2.29. The van der Waals surface area contributed by atoms with E-state index in [0.717, 1.165) is 15.7 Å². The third-order valence-corrected chi connectivity index (χ3v) is 4.29. The number of halogens is 2. The van der Waals surface area contributed by atoms with E-state index in [1.54, 1.807) is 6.07 Å². The number of aryl methyl sites for hydroxylation is 1. The monoisotopic (exact) mass is 439 g/mol. The summed E-state index contributed by atoms with van der Waals surface area (Å²) >= 11 is 6.57. The molecule has 23 heavy (non-hydrogen) atoms. The highest BCUT2D eigenvalue weighted by atomic mass is 79.9. The summed E-state index contributed by atoms with van der Waals surface area (Å²) in [5.41, 5.74) is 5.11. The number of hydrogen-bond acceptors (Lipinski definition) is 4. The number of amides is 1. The molecule has 3 N–H and O–H groups in total. The van der Waals surface area contributed by atoms with Crippen molar-refractivity contribution in [2.24, 2.45) is 5.10 Å². The maximum atomic E-state index is 11.7. The van der Waals surface area contributed by atoms with Crippen LogP contribution >= 0.6 is 31.9 Å². The average Bonchev–Trinajstić information content (AvgIpc) is 2.52. The molecule has 1 amide bonds. The third-order valence-electron chi connectivity index (χ3n) is 2.96. The molecular formula is C16H15Br2N3O2. The van der Waals surface area contributed by atoms with E-state index in [-0.39, 0.29) is 18.2 Å². The fourth-order valence-corrected chi connectivity index (χ4v) is 2.82. The highest BCUT2D eigenvalue weighted by molar-refractivity contribution is 9.11. The molecule has 0 bridgehead atoms. The van der Waals surface area contributed by atoms with Crippen molar-refractivity contribution in [1.29, 1.82) is 0 Å². The van der Waals surface area contributed by atoms with Gasteiger partial charge in [0, 0.05) is 15.7 Å². The molecule has 0 aliphatic heterocycles.